The van der Waals surface area contributed by atoms with Gasteiger partial charge in [0.05, 0.1) is 5.56 Å². The van der Waals surface area contributed by atoms with Crippen molar-refractivity contribution in [2.75, 3.05) is 6.79 Å². The minimum atomic E-state index is -1.02. The van der Waals surface area contributed by atoms with Crippen LogP contribution in [0.25, 0.3) is 0 Å². The number of carbonyl (C=O) groups is 2. The van der Waals surface area contributed by atoms with Gasteiger partial charge in [-0.25, -0.2) is 4.79 Å². The summed E-state index contributed by atoms with van der Waals surface area (Å²) in [5.41, 5.74) is 1.36. The average molecular weight is 299 g/mol. The first-order chi connectivity index (χ1) is 10.6. The first-order valence-electron chi connectivity index (χ1n) is 6.64. The van der Waals surface area contributed by atoms with E-state index in [0.717, 1.165) is 5.56 Å². The fourth-order valence-corrected chi connectivity index (χ4v) is 2.17. The molecule has 0 saturated carbocycles. The summed E-state index contributed by atoms with van der Waals surface area (Å²) in [5.74, 6) is -0.000928. The molecule has 0 aliphatic carbocycles. The standard InChI is InChI=1S/C16H13NO5/c18-15(10-4-6-11(7-5-10)16(19)20)17-8-12-2-1-3-13-14(12)22-9-21-13/h1-7H,8-9H2,(H,17,18)(H,19,20). The van der Waals surface area contributed by atoms with Gasteiger partial charge in [-0.05, 0) is 30.3 Å². The van der Waals surface area contributed by atoms with Crippen molar-refractivity contribution in [2.24, 2.45) is 0 Å². The molecule has 1 heterocycles. The summed E-state index contributed by atoms with van der Waals surface area (Å²) in [6, 6.07) is 11.2. The minimum Gasteiger partial charge on any atom is -0.478 e. The summed E-state index contributed by atoms with van der Waals surface area (Å²) < 4.78 is 10.6. The highest BCUT2D eigenvalue weighted by Crippen LogP contribution is 2.35. The third kappa shape index (κ3) is 2.71. The maximum absolute atomic E-state index is 12.1. The van der Waals surface area contributed by atoms with Crippen LogP contribution < -0.4 is 14.8 Å². The first-order valence-corrected chi connectivity index (χ1v) is 6.64. The Balaban J connectivity index is 1.68. The number of hydrogen-bond acceptors (Lipinski definition) is 4. The van der Waals surface area contributed by atoms with E-state index in [2.05, 4.69) is 5.32 Å². The van der Waals surface area contributed by atoms with Crippen molar-refractivity contribution in [3.63, 3.8) is 0 Å². The number of para-hydroxylation sites is 1. The number of hydrogen-bond donors (Lipinski definition) is 2. The van der Waals surface area contributed by atoms with Crippen molar-refractivity contribution in [3.8, 4) is 11.5 Å². The number of ether oxygens (including phenoxy) is 2. The lowest BCUT2D eigenvalue weighted by atomic mass is 10.1. The molecule has 0 aromatic heterocycles. The molecule has 1 aliphatic heterocycles. The van der Waals surface area contributed by atoms with Crippen molar-refractivity contribution < 1.29 is 24.2 Å². The second-order valence-electron chi connectivity index (χ2n) is 4.72. The van der Waals surface area contributed by atoms with Gasteiger partial charge in [0, 0.05) is 17.7 Å². The molecule has 2 aromatic carbocycles. The molecule has 0 atom stereocenters. The Morgan fingerprint density at radius 1 is 1.05 bits per heavy atom. The Kier molecular flexibility index (Phi) is 3.65. The molecule has 1 amide bonds. The van der Waals surface area contributed by atoms with Gasteiger partial charge in [-0.2, -0.15) is 0 Å². The van der Waals surface area contributed by atoms with Gasteiger partial charge in [-0.1, -0.05) is 12.1 Å². The smallest absolute Gasteiger partial charge is 0.335 e. The molecule has 112 valence electrons. The van der Waals surface area contributed by atoms with Crippen molar-refractivity contribution >= 4 is 11.9 Å². The van der Waals surface area contributed by atoms with Crippen LogP contribution in [-0.2, 0) is 6.54 Å². The van der Waals surface area contributed by atoms with Gasteiger partial charge in [-0.15, -0.1) is 0 Å². The molecule has 0 unspecified atom stereocenters. The summed E-state index contributed by atoms with van der Waals surface area (Å²) in [5, 5.41) is 11.6. The SMILES string of the molecule is O=C(O)c1ccc(C(=O)NCc2cccc3c2OCO3)cc1. The van der Waals surface area contributed by atoms with E-state index < -0.39 is 5.97 Å². The molecule has 6 nitrogen and oxygen atoms in total. The lowest BCUT2D eigenvalue weighted by Crippen LogP contribution is -2.23. The van der Waals surface area contributed by atoms with E-state index in [9.17, 15) is 9.59 Å². The van der Waals surface area contributed by atoms with E-state index >= 15 is 0 Å². The van der Waals surface area contributed by atoms with Gasteiger partial charge in [0.25, 0.3) is 5.91 Å². The number of amides is 1. The number of rotatable bonds is 4. The molecule has 2 N–H and O–H groups in total. The topological polar surface area (TPSA) is 84.9 Å². The predicted octanol–water partition coefficient (Wildman–Crippen LogP) is 2.04. The molecule has 0 saturated heterocycles. The van der Waals surface area contributed by atoms with Crippen LogP contribution in [0.15, 0.2) is 42.5 Å². The van der Waals surface area contributed by atoms with Gasteiger partial charge in [-0.3, -0.25) is 4.79 Å². The van der Waals surface area contributed by atoms with E-state index in [-0.39, 0.29) is 18.3 Å². The van der Waals surface area contributed by atoms with Crippen LogP contribution in [0.5, 0.6) is 11.5 Å². The van der Waals surface area contributed by atoms with Gasteiger partial charge in [0.15, 0.2) is 11.5 Å². The molecule has 22 heavy (non-hydrogen) atoms. The van der Waals surface area contributed by atoms with E-state index in [0.29, 0.717) is 23.6 Å². The third-order valence-corrected chi connectivity index (χ3v) is 3.31. The molecule has 1 aliphatic rings. The number of carbonyl (C=O) groups excluding carboxylic acids is 1. The molecule has 0 spiro atoms. The zero-order valence-electron chi connectivity index (χ0n) is 11.5. The number of fused-ring (bicyclic) bond motifs is 1. The maximum Gasteiger partial charge on any atom is 0.335 e. The average Bonchev–Trinajstić information content (AvgIpc) is 3.01. The molecular formula is C16H13NO5. The summed E-state index contributed by atoms with van der Waals surface area (Å²) >= 11 is 0. The fraction of sp³-hybridized carbons (Fsp3) is 0.125. The first kappa shape index (κ1) is 13.9. The zero-order chi connectivity index (χ0) is 15.5. The molecule has 0 bridgehead atoms. The lowest BCUT2D eigenvalue weighted by Gasteiger charge is -2.08. The Morgan fingerprint density at radius 3 is 2.50 bits per heavy atom. The Bertz CT molecular complexity index is 724. The number of aromatic carboxylic acids is 1. The Labute approximate surface area is 126 Å². The largest absolute Gasteiger partial charge is 0.478 e. The second kappa shape index (κ2) is 5.77. The molecule has 6 heteroatoms. The normalized spacial score (nSPS) is 12.0. The summed E-state index contributed by atoms with van der Waals surface area (Å²) in [7, 11) is 0. The van der Waals surface area contributed by atoms with E-state index in [4.69, 9.17) is 14.6 Å². The number of carboxylic acids is 1. The number of carboxylic acid groups (broad SMARTS) is 1. The Hall–Kier alpha value is -3.02. The molecule has 2 aromatic rings. The third-order valence-electron chi connectivity index (χ3n) is 3.31. The van der Waals surface area contributed by atoms with E-state index in [1.54, 1.807) is 6.07 Å². The highest BCUT2D eigenvalue weighted by atomic mass is 16.7. The molecule has 0 fully saturated rings. The quantitative estimate of drug-likeness (QED) is 0.902. The van der Waals surface area contributed by atoms with E-state index in [1.165, 1.54) is 24.3 Å². The van der Waals surface area contributed by atoms with Crippen LogP contribution in [0.4, 0.5) is 0 Å². The lowest BCUT2D eigenvalue weighted by molar-refractivity contribution is 0.0696. The molecular weight excluding hydrogens is 286 g/mol. The number of benzene rings is 2. The fourth-order valence-electron chi connectivity index (χ4n) is 2.17. The van der Waals surface area contributed by atoms with Crippen molar-refractivity contribution in [1.29, 1.82) is 0 Å². The van der Waals surface area contributed by atoms with E-state index in [1.807, 2.05) is 12.1 Å². The number of nitrogens with one attached hydrogen (secondary N) is 1. The minimum absolute atomic E-state index is 0.142. The van der Waals surface area contributed by atoms with Crippen LogP contribution in [0.1, 0.15) is 26.3 Å². The van der Waals surface area contributed by atoms with Crippen molar-refractivity contribution in [3.05, 3.63) is 59.2 Å². The van der Waals surface area contributed by atoms with Gasteiger partial charge in [0.2, 0.25) is 6.79 Å². The van der Waals surface area contributed by atoms with Crippen LogP contribution >= 0.6 is 0 Å². The summed E-state index contributed by atoms with van der Waals surface area (Å²) in [6.45, 7) is 0.475. The summed E-state index contributed by atoms with van der Waals surface area (Å²) in [4.78, 5) is 22.8. The zero-order valence-corrected chi connectivity index (χ0v) is 11.5. The van der Waals surface area contributed by atoms with Crippen molar-refractivity contribution in [1.82, 2.24) is 5.32 Å². The summed E-state index contributed by atoms with van der Waals surface area (Å²) in [6.07, 6.45) is 0. The second-order valence-corrected chi connectivity index (χ2v) is 4.72. The molecule has 0 radical (unpaired) electrons. The van der Waals surface area contributed by atoms with Crippen molar-refractivity contribution in [2.45, 2.75) is 6.54 Å². The van der Waals surface area contributed by atoms with Gasteiger partial charge < -0.3 is 19.9 Å². The van der Waals surface area contributed by atoms with Crippen LogP contribution in [0.2, 0.25) is 0 Å². The van der Waals surface area contributed by atoms with Crippen LogP contribution in [0.3, 0.4) is 0 Å². The maximum atomic E-state index is 12.1. The highest BCUT2D eigenvalue weighted by Gasteiger charge is 2.17. The highest BCUT2D eigenvalue weighted by molar-refractivity contribution is 5.95. The Morgan fingerprint density at radius 2 is 1.77 bits per heavy atom. The monoisotopic (exact) mass is 299 g/mol. The van der Waals surface area contributed by atoms with Crippen LogP contribution in [0, 0.1) is 0 Å². The predicted molar refractivity (Wildman–Crippen MR) is 77.1 cm³/mol. The van der Waals surface area contributed by atoms with Gasteiger partial charge in [0.1, 0.15) is 0 Å². The van der Waals surface area contributed by atoms with Crippen LogP contribution in [-0.4, -0.2) is 23.8 Å². The van der Waals surface area contributed by atoms with Gasteiger partial charge >= 0.3 is 5.97 Å². The molecule has 3 rings (SSSR count).